The van der Waals surface area contributed by atoms with Crippen molar-refractivity contribution in [3.05, 3.63) is 47.5 Å². The van der Waals surface area contributed by atoms with Gasteiger partial charge in [0.2, 0.25) is 11.8 Å². The highest BCUT2D eigenvalue weighted by molar-refractivity contribution is 7.22. The van der Waals surface area contributed by atoms with Gasteiger partial charge in [0, 0.05) is 24.9 Å². The molecule has 3 amide bonds. The van der Waals surface area contributed by atoms with Crippen molar-refractivity contribution in [2.45, 2.75) is 26.2 Å². The van der Waals surface area contributed by atoms with E-state index in [-0.39, 0.29) is 43.0 Å². The predicted octanol–water partition coefficient (Wildman–Crippen LogP) is 4.29. The second kappa shape index (κ2) is 11.2. The normalized spacial score (nSPS) is 13.5. The van der Waals surface area contributed by atoms with Gasteiger partial charge in [-0.1, -0.05) is 23.5 Å². The van der Waals surface area contributed by atoms with Gasteiger partial charge in [0.15, 0.2) is 5.13 Å². The molecule has 4 rings (SSSR count). The van der Waals surface area contributed by atoms with Crippen molar-refractivity contribution in [3.8, 4) is 5.75 Å². The van der Waals surface area contributed by atoms with Crippen molar-refractivity contribution in [2.24, 2.45) is 0 Å². The topological polar surface area (TPSA) is 83.0 Å². The van der Waals surface area contributed by atoms with E-state index in [1.54, 1.807) is 36.3 Å². The van der Waals surface area contributed by atoms with Crippen molar-refractivity contribution < 1.29 is 19.1 Å². The fourth-order valence-electron chi connectivity index (χ4n) is 4.01. The minimum absolute atomic E-state index is 0. The number of thiazole rings is 1. The molecule has 0 unspecified atom stereocenters. The highest BCUT2D eigenvalue weighted by Gasteiger charge is 2.31. The fraction of sp³-hybridized carbons (Fsp3) is 0.360. The van der Waals surface area contributed by atoms with E-state index >= 15 is 0 Å². The van der Waals surface area contributed by atoms with Crippen molar-refractivity contribution in [3.63, 3.8) is 0 Å². The van der Waals surface area contributed by atoms with Crippen LogP contribution in [0.5, 0.6) is 5.75 Å². The summed E-state index contributed by atoms with van der Waals surface area (Å²) in [6, 6.07) is 10.6. The molecule has 2 heterocycles. The number of methoxy groups -OCH3 is 1. The summed E-state index contributed by atoms with van der Waals surface area (Å²) in [5.74, 6) is -0.0513. The number of aromatic nitrogens is 1. The largest absolute Gasteiger partial charge is 0.494 e. The van der Waals surface area contributed by atoms with Gasteiger partial charge < -0.3 is 9.64 Å². The molecule has 1 aromatic heterocycles. The number of nitrogens with zero attached hydrogens (tertiary/aromatic N) is 4. The summed E-state index contributed by atoms with van der Waals surface area (Å²) in [7, 11) is 5.59. The molecule has 2 aromatic carbocycles. The number of fused-ring (bicyclic) bond motifs is 1. The Hall–Kier alpha value is -3.01. The van der Waals surface area contributed by atoms with E-state index in [0.29, 0.717) is 28.7 Å². The molecule has 186 valence electrons. The van der Waals surface area contributed by atoms with Crippen LogP contribution >= 0.6 is 23.7 Å². The number of amides is 3. The highest BCUT2D eigenvalue weighted by Crippen LogP contribution is 2.37. The van der Waals surface area contributed by atoms with Gasteiger partial charge in [-0.3, -0.25) is 24.2 Å². The molecule has 8 nitrogen and oxygen atoms in total. The van der Waals surface area contributed by atoms with Gasteiger partial charge in [-0.2, -0.15) is 0 Å². The number of imide groups is 1. The Morgan fingerprint density at radius 1 is 1.11 bits per heavy atom. The number of carbonyl (C=O) groups excluding carboxylic acids is 3. The number of halogens is 1. The van der Waals surface area contributed by atoms with Gasteiger partial charge in [-0.05, 0) is 63.8 Å². The number of hydrogen-bond acceptors (Lipinski definition) is 7. The summed E-state index contributed by atoms with van der Waals surface area (Å²) in [4.78, 5) is 47.8. The van der Waals surface area contributed by atoms with Crippen LogP contribution in [0.25, 0.3) is 10.2 Å². The third-order valence-electron chi connectivity index (χ3n) is 5.78. The van der Waals surface area contributed by atoms with Crippen LogP contribution in [0, 0.1) is 6.92 Å². The van der Waals surface area contributed by atoms with Gasteiger partial charge in [0.05, 0.1) is 17.5 Å². The molecule has 0 atom stereocenters. The quantitative estimate of drug-likeness (QED) is 0.415. The third-order valence-corrected chi connectivity index (χ3v) is 6.99. The van der Waals surface area contributed by atoms with E-state index in [4.69, 9.17) is 9.72 Å². The number of anilines is 2. The van der Waals surface area contributed by atoms with Crippen LogP contribution in [0.2, 0.25) is 0 Å². The molecule has 0 aliphatic carbocycles. The van der Waals surface area contributed by atoms with Crippen molar-refractivity contribution in [1.82, 2.24) is 9.88 Å². The Morgan fingerprint density at radius 2 is 1.83 bits per heavy atom. The number of ether oxygens (including phenoxy) is 1. The molecule has 0 N–H and O–H groups in total. The summed E-state index contributed by atoms with van der Waals surface area (Å²) in [5.41, 5.74) is 2.62. The van der Waals surface area contributed by atoms with E-state index in [1.165, 1.54) is 16.2 Å². The average molecular weight is 517 g/mol. The number of rotatable bonds is 8. The summed E-state index contributed by atoms with van der Waals surface area (Å²) >= 11 is 1.46. The number of benzene rings is 2. The summed E-state index contributed by atoms with van der Waals surface area (Å²) in [6.07, 6.45) is 1.15. The van der Waals surface area contributed by atoms with Crippen LogP contribution < -0.4 is 14.5 Å². The van der Waals surface area contributed by atoms with E-state index < -0.39 is 0 Å². The Balaban J connectivity index is 0.00000342. The van der Waals surface area contributed by atoms with Crippen molar-refractivity contribution in [1.29, 1.82) is 0 Å². The van der Waals surface area contributed by atoms with Crippen LogP contribution in [-0.2, 0) is 9.59 Å². The van der Waals surface area contributed by atoms with Crippen molar-refractivity contribution in [2.75, 3.05) is 44.1 Å². The number of aryl methyl sites for hydroxylation is 1. The lowest BCUT2D eigenvalue weighted by Crippen LogP contribution is -2.34. The maximum atomic E-state index is 13.7. The molecule has 1 fully saturated rings. The first-order chi connectivity index (χ1) is 16.3. The minimum atomic E-state index is -0.244. The first-order valence-electron chi connectivity index (χ1n) is 11.2. The molecule has 1 aliphatic rings. The predicted molar refractivity (Wildman–Crippen MR) is 141 cm³/mol. The number of carbonyl (C=O) groups is 3. The van der Waals surface area contributed by atoms with E-state index in [0.717, 1.165) is 28.7 Å². The van der Waals surface area contributed by atoms with Crippen LogP contribution in [0.4, 0.5) is 10.8 Å². The molecular weight excluding hydrogens is 488 g/mol. The lowest BCUT2D eigenvalue weighted by atomic mass is 10.1. The molecule has 10 heteroatoms. The zero-order valence-electron chi connectivity index (χ0n) is 20.2. The zero-order valence-corrected chi connectivity index (χ0v) is 21.9. The second-order valence-electron chi connectivity index (χ2n) is 8.55. The van der Waals surface area contributed by atoms with E-state index in [2.05, 4.69) is 4.90 Å². The van der Waals surface area contributed by atoms with E-state index in [1.807, 2.05) is 33.2 Å². The fourth-order valence-corrected chi connectivity index (χ4v) is 5.08. The lowest BCUT2D eigenvalue weighted by Gasteiger charge is -2.22. The van der Waals surface area contributed by atoms with Gasteiger partial charge in [-0.25, -0.2) is 4.98 Å². The molecule has 1 aliphatic heterocycles. The van der Waals surface area contributed by atoms with E-state index in [9.17, 15) is 14.4 Å². The summed E-state index contributed by atoms with van der Waals surface area (Å²) in [5, 5.41) is 0.588. The van der Waals surface area contributed by atoms with Gasteiger partial charge >= 0.3 is 0 Å². The minimum Gasteiger partial charge on any atom is -0.494 e. The lowest BCUT2D eigenvalue weighted by molar-refractivity contribution is -0.121. The molecule has 0 spiro atoms. The second-order valence-corrected chi connectivity index (χ2v) is 9.52. The van der Waals surface area contributed by atoms with Crippen LogP contribution in [0.3, 0.4) is 0 Å². The summed E-state index contributed by atoms with van der Waals surface area (Å²) in [6.45, 7) is 3.30. The molecular formula is C25H29ClN4O4S. The molecule has 3 aromatic rings. The molecule has 35 heavy (non-hydrogen) atoms. The SMILES string of the molecule is COc1ccc(C)c2sc(N(CCCN(C)C)C(=O)c3cccc(N4C(=O)CCC4=O)c3)nc12.Cl. The Morgan fingerprint density at radius 3 is 2.49 bits per heavy atom. The standard InChI is InChI=1S/C25H28N4O4S.ClH/c1-16-9-10-19(33-4)22-23(16)34-25(26-22)28(14-6-13-27(2)3)24(32)17-7-5-8-18(15-17)29-20(30)11-12-21(29)31;/h5,7-10,15H,6,11-14H2,1-4H3;1H. The van der Waals surface area contributed by atoms with Crippen molar-refractivity contribution >= 4 is 62.5 Å². The Kier molecular flexibility index (Phi) is 8.47. The maximum absolute atomic E-state index is 13.7. The molecule has 0 radical (unpaired) electrons. The number of hydrogen-bond donors (Lipinski definition) is 0. The zero-order chi connectivity index (χ0) is 24.4. The Bertz CT molecular complexity index is 1240. The highest BCUT2D eigenvalue weighted by atomic mass is 35.5. The van der Waals surface area contributed by atoms with Gasteiger partial charge in [0.25, 0.3) is 5.91 Å². The van der Waals surface area contributed by atoms with Gasteiger partial charge in [-0.15, -0.1) is 12.4 Å². The average Bonchev–Trinajstić information content (AvgIpc) is 3.40. The maximum Gasteiger partial charge on any atom is 0.260 e. The smallest absolute Gasteiger partial charge is 0.260 e. The molecule has 0 saturated carbocycles. The van der Waals surface area contributed by atoms with Gasteiger partial charge in [0.1, 0.15) is 11.3 Å². The van der Waals surface area contributed by atoms with Crippen LogP contribution in [0.15, 0.2) is 36.4 Å². The molecule has 1 saturated heterocycles. The monoisotopic (exact) mass is 516 g/mol. The molecule has 0 bridgehead atoms. The third kappa shape index (κ3) is 5.47. The first-order valence-corrected chi connectivity index (χ1v) is 12.0. The Labute approximate surface area is 214 Å². The first kappa shape index (κ1) is 26.6. The van der Waals surface area contributed by atoms with Crippen LogP contribution in [0.1, 0.15) is 35.2 Å². The van der Waals surface area contributed by atoms with Crippen LogP contribution in [-0.4, -0.2) is 61.9 Å². The summed E-state index contributed by atoms with van der Waals surface area (Å²) < 4.78 is 6.46.